The number of amides is 1. The highest BCUT2D eigenvalue weighted by molar-refractivity contribution is 8.14. The second-order valence-corrected chi connectivity index (χ2v) is 15.0. The van der Waals surface area contributed by atoms with Crippen LogP contribution in [0.25, 0.3) is 22.2 Å². The number of nitrogens with zero attached hydrogens (tertiary/aromatic N) is 5. The highest BCUT2D eigenvalue weighted by Crippen LogP contribution is 2.51. The van der Waals surface area contributed by atoms with Crippen LogP contribution in [0.1, 0.15) is 60.6 Å². The van der Waals surface area contributed by atoms with Crippen LogP contribution in [0, 0.1) is 18.8 Å². The van der Waals surface area contributed by atoms with E-state index >= 15 is 0 Å². The number of hydrogen-bond donors (Lipinski definition) is 1. The van der Waals surface area contributed by atoms with Crippen molar-refractivity contribution >= 4 is 27.9 Å². The number of fused-ring (bicyclic) bond motifs is 2. The molecule has 3 fully saturated rings. The molecule has 0 bridgehead atoms. The van der Waals surface area contributed by atoms with Crippen LogP contribution in [0.3, 0.4) is 0 Å². The van der Waals surface area contributed by atoms with Crippen LogP contribution < -0.4 is 4.74 Å². The Hall–Kier alpha value is -4.47. The minimum atomic E-state index is -0.857. The Morgan fingerprint density at radius 3 is 2.61 bits per heavy atom. The van der Waals surface area contributed by atoms with Crippen LogP contribution in [0.5, 0.6) is 11.5 Å². The minimum Gasteiger partial charge on any atom is -0.457 e. The number of allylic oxidation sites excluding steroid dienone is 1. The van der Waals surface area contributed by atoms with Crippen molar-refractivity contribution in [2.45, 2.75) is 68.9 Å². The molecule has 1 aliphatic carbocycles. The standard InChI is InChI=1S/C40H41N5O3S/c1-3-27(24-44-25-37(42-43-44)40(47)18-7-8-19-40)29-17-20-45-36(22-29)38(49-39(45)46)33-23-35(41-34-16-11-26(2)21-32(33)34)28-12-14-31(15-13-28)48-30-9-5-4-6-10-30/h3-6,9-16,21,23,25,27,29,36,38,47H,1,7-8,17-20,22,24H2,2H3/t27-,29-,36-,38+/m0/s1. The number of aliphatic hydroxyl groups is 1. The number of thioether (sulfide) groups is 1. The highest BCUT2D eigenvalue weighted by atomic mass is 32.2. The Kier molecular flexibility index (Phi) is 8.49. The van der Waals surface area contributed by atoms with E-state index in [1.807, 2.05) is 59.4 Å². The lowest BCUT2D eigenvalue weighted by atomic mass is 9.79. The van der Waals surface area contributed by atoms with E-state index in [0.29, 0.717) is 18.2 Å². The van der Waals surface area contributed by atoms with Gasteiger partial charge in [0.1, 0.15) is 22.8 Å². The van der Waals surface area contributed by atoms with E-state index in [2.05, 4.69) is 65.1 Å². The van der Waals surface area contributed by atoms with Gasteiger partial charge in [-0.15, -0.1) is 11.7 Å². The Bertz CT molecular complexity index is 1990. The first-order valence-corrected chi connectivity index (χ1v) is 18.2. The normalized spacial score (nSPS) is 22.3. The molecule has 9 heteroatoms. The second kappa shape index (κ2) is 13.1. The molecule has 5 aromatic rings. The molecule has 0 radical (unpaired) electrons. The number of ether oxygens (including phenoxy) is 1. The topological polar surface area (TPSA) is 93.4 Å². The van der Waals surface area contributed by atoms with Gasteiger partial charge in [-0.2, -0.15) is 0 Å². The van der Waals surface area contributed by atoms with Crippen molar-refractivity contribution < 1.29 is 14.6 Å². The van der Waals surface area contributed by atoms with Gasteiger partial charge in [-0.3, -0.25) is 9.48 Å². The number of piperidine rings is 1. The van der Waals surface area contributed by atoms with E-state index in [1.54, 1.807) is 0 Å². The Labute approximate surface area is 291 Å². The number of aromatic nitrogens is 4. The smallest absolute Gasteiger partial charge is 0.282 e. The zero-order chi connectivity index (χ0) is 33.5. The number of aryl methyl sites for hydroxylation is 1. The third-order valence-electron chi connectivity index (χ3n) is 10.7. The van der Waals surface area contributed by atoms with Crippen LogP contribution in [-0.2, 0) is 12.1 Å². The molecule has 3 aliphatic rings. The molecular formula is C40H41N5O3S. The summed E-state index contributed by atoms with van der Waals surface area (Å²) < 4.78 is 7.91. The van der Waals surface area contributed by atoms with E-state index in [1.165, 1.54) is 17.3 Å². The molecule has 1 saturated carbocycles. The van der Waals surface area contributed by atoms with Gasteiger partial charge in [0, 0.05) is 30.1 Å². The van der Waals surface area contributed by atoms with Crippen LogP contribution in [0.2, 0.25) is 0 Å². The zero-order valence-corrected chi connectivity index (χ0v) is 28.6. The van der Waals surface area contributed by atoms with Crippen molar-refractivity contribution in [2.24, 2.45) is 11.8 Å². The quantitative estimate of drug-likeness (QED) is 0.157. The number of carbonyl (C=O) groups excluding carboxylic acids is 1. The molecule has 1 N–H and O–H groups in total. The summed E-state index contributed by atoms with van der Waals surface area (Å²) in [5.74, 6) is 2.06. The van der Waals surface area contributed by atoms with Crippen LogP contribution >= 0.6 is 11.8 Å². The SMILES string of the molecule is C=C[C@@H](Cn1cc(C2(O)CCCC2)nn1)[C@H]1CCN2C(=O)S[C@H](c3cc(-c4ccc(Oc5ccccc5)cc4)nc4ccc(C)cc34)[C@@H]2C1. The largest absolute Gasteiger partial charge is 0.457 e. The van der Waals surface area contributed by atoms with Gasteiger partial charge in [0.15, 0.2) is 0 Å². The molecule has 8 nitrogen and oxygen atoms in total. The minimum absolute atomic E-state index is 0.0258. The summed E-state index contributed by atoms with van der Waals surface area (Å²) in [6.45, 7) is 7.70. The molecule has 4 atom stereocenters. The number of hydrogen-bond acceptors (Lipinski definition) is 7. The fourth-order valence-electron chi connectivity index (χ4n) is 7.97. The molecule has 2 saturated heterocycles. The van der Waals surface area contributed by atoms with Gasteiger partial charge >= 0.3 is 0 Å². The number of benzene rings is 3. The summed E-state index contributed by atoms with van der Waals surface area (Å²) in [7, 11) is 0. The van der Waals surface area contributed by atoms with E-state index in [4.69, 9.17) is 9.72 Å². The van der Waals surface area contributed by atoms with E-state index in [-0.39, 0.29) is 22.4 Å². The van der Waals surface area contributed by atoms with Crippen molar-refractivity contribution in [3.8, 4) is 22.8 Å². The molecule has 2 aromatic heterocycles. The molecule has 4 heterocycles. The van der Waals surface area contributed by atoms with Gasteiger partial charge in [-0.05, 0) is 105 Å². The van der Waals surface area contributed by atoms with Crippen LogP contribution in [0.15, 0.2) is 97.7 Å². The molecule has 2 aliphatic heterocycles. The van der Waals surface area contributed by atoms with Crippen LogP contribution in [-0.4, -0.2) is 47.8 Å². The Balaban J connectivity index is 1.07. The van der Waals surface area contributed by atoms with Gasteiger partial charge in [-0.25, -0.2) is 4.98 Å². The summed E-state index contributed by atoms with van der Waals surface area (Å²) in [5, 5.41) is 21.1. The van der Waals surface area contributed by atoms with Gasteiger partial charge in [0.25, 0.3) is 5.24 Å². The molecular weight excluding hydrogens is 631 g/mol. The van der Waals surface area contributed by atoms with Gasteiger partial charge < -0.3 is 14.7 Å². The molecule has 250 valence electrons. The molecule has 1 amide bonds. The first-order chi connectivity index (χ1) is 23.9. The van der Waals surface area contributed by atoms with E-state index in [9.17, 15) is 9.90 Å². The summed E-state index contributed by atoms with van der Waals surface area (Å²) >= 11 is 1.45. The molecule has 8 rings (SSSR count). The van der Waals surface area contributed by atoms with Crippen molar-refractivity contribution in [1.82, 2.24) is 24.9 Å². The first-order valence-electron chi connectivity index (χ1n) is 17.3. The molecule has 0 unspecified atom stereocenters. The van der Waals surface area contributed by atoms with E-state index in [0.717, 1.165) is 84.3 Å². The molecule has 3 aromatic carbocycles. The summed E-state index contributed by atoms with van der Waals surface area (Å²) in [6, 6.07) is 26.5. The summed E-state index contributed by atoms with van der Waals surface area (Å²) in [4.78, 5) is 20.7. The average molecular weight is 672 g/mol. The van der Waals surface area contributed by atoms with Crippen molar-refractivity contribution in [3.63, 3.8) is 0 Å². The number of rotatable bonds is 9. The third kappa shape index (κ3) is 6.26. The van der Waals surface area contributed by atoms with Crippen molar-refractivity contribution in [2.75, 3.05) is 6.54 Å². The maximum absolute atomic E-state index is 13.5. The monoisotopic (exact) mass is 671 g/mol. The van der Waals surface area contributed by atoms with Gasteiger partial charge in [0.05, 0.1) is 22.7 Å². The second-order valence-electron chi connectivity index (χ2n) is 13.9. The highest BCUT2D eigenvalue weighted by Gasteiger charge is 2.46. The van der Waals surface area contributed by atoms with Crippen molar-refractivity contribution in [1.29, 1.82) is 0 Å². The number of carbonyl (C=O) groups is 1. The number of pyridine rings is 1. The maximum Gasteiger partial charge on any atom is 0.282 e. The lowest BCUT2D eigenvalue weighted by Crippen LogP contribution is -2.43. The Morgan fingerprint density at radius 2 is 1.84 bits per heavy atom. The Morgan fingerprint density at radius 1 is 1.06 bits per heavy atom. The van der Waals surface area contributed by atoms with Gasteiger partial charge in [0.2, 0.25) is 0 Å². The summed E-state index contributed by atoms with van der Waals surface area (Å²) in [6.07, 6.45) is 9.26. The zero-order valence-electron chi connectivity index (χ0n) is 27.7. The first kappa shape index (κ1) is 31.8. The third-order valence-corrected chi connectivity index (χ3v) is 11.9. The fourth-order valence-corrected chi connectivity index (χ4v) is 9.29. The summed E-state index contributed by atoms with van der Waals surface area (Å²) in [5.41, 5.74) is 4.94. The van der Waals surface area contributed by atoms with Gasteiger partial charge in [-0.1, -0.05) is 65.7 Å². The average Bonchev–Trinajstić information content (AvgIpc) is 3.87. The van der Waals surface area contributed by atoms with Crippen molar-refractivity contribution in [3.05, 3.63) is 115 Å². The predicted molar refractivity (Wildman–Crippen MR) is 193 cm³/mol. The lowest BCUT2D eigenvalue weighted by Gasteiger charge is -2.39. The van der Waals surface area contributed by atoms with Crippen LogP contribution in [0.4, 0.5) is 4.79 Å². The maximum atomic E-state index is 13.5. The lowest BCUT2D eigenvalue weighted by molar-refractivity contribution is 0.0398. The molecule has 49 heavy (non-hydrogen) atoms. The fraction of sp³-hybridized carbons (Fsp3) is 0.350. The molecule has 0 spiro atoms. The number of para-hydroxylation sites is 1. The predicted octanol–water partition coefficient (Wildman–Crippen LogP) is 8.85. The van der Waals surface area contributed by atoms with E-state index < -0.39 is 5.60 Å².